The second kappa shape index (κ2) is 8.25. The first-order chi connectivity index (χ1) is 10.7. The van der Waals surface area contributed by atoms with Gasteiger partial charge in [-0.2, -0.15) is 0 Å². The predicted molar refractivity (Wildman–Crippen MR) is 86.0 cm³/mol. The minimum atomic E-state index is 0.302. The maximum Gasteiger partial charge on any atom is 0.203 e. The summed E-state index contributed by atoms with van der Waals surface area (Å²) >= 11 is 0. The molecule has 124 valence electrons. The number of hydrogen-bond donors (Lipinski definition) is 1. The molecule has 22 heavy (non-hydrogen) atoms. The maximum absolute atomic E-state index is 5.59. The quantitative estimate of drug-likeness (QED) is 0.839. The third-order valence-electron chi connectivity index (χ3n) is 4.30. The summed E-state index contributed by atoms with van der Waals surface area (Å²) < 4.78 is 21.7. The molecular weight excluding hydrogens is 282 g/mol. The van der Waals surface area contributed by atoms with Crippen LogP contribution in [0.25, 0.3) is 0 Å². The van der Waals surface area contributed by atoms with Crippen LogP contribution in [0.4, 0.5) is 0 Å². The van der Waals surface area contributed by atoms with E-state index in [4.69, 9.17) is 18.9 Å². The van der Waals surface area contributed by atoms with Crippen LogP contribution in [0, 0.1) is 0 Å². The summed E-state index contributed by atoms with van der Waals surface area (Å²) in [5.41, 5.74) is 1.11. The van der Waals surface area contributed by atoms with Crippen molar-refractivity contribution in [1.29, 1.82) is 0 Å². The smallest absolute Gasteiger partial charge is 0.203 e. The van der Waals surface area contributed by atoms with E-state index in [0.29, 0.717) is 29.4 Å². The summed E-state index contributed by atoms with van der Waals surface area (Å²) in [6, 6.07) is 4.37. The first kappa shape index (κ1) is 16.9. The molecule has 1 saturated carbocycles. The molecule has 1 fully saturated rings. The monoisotopic (exact) mass is 309 g/mol. The van der Waals surface area contributed by atoms with Gasteiger partial charge in [0.1, 0.15) is 0 Å². The molecule has 1 N–H and O–H groups in total. The molecule has 5 nitrogen and oxygen atoms in total. The van der Waals surface area contributed by atoms with Gasteiger partial charge in [0.25, 0.3) is 0 Å². The summed E-state index contributed by atoms with van der Waals surface area (Å²) in [7, 11) is 6.68. The van der Waals surface area contributed by atoms with E-state index in [2.05, 4.69) is 5.32 Å². The molecule has 0 bridgehead atoms. The zero-order chi connectivity index (χ0) is 15.9. The van der Waals surface area contributed by atoms with Gasteiger partial charge in [-0.25, -0.2) is 0 Å². The van der Waals surface area contributed by atoms with Gasteiger partial charge >= 0.3 is 0 Å². The molecule has 1 aromatic carbocycles. The zero-order valence-corrected chi connectivity index (χ0v) is 14.0. The van der Waals surface area contributed by atoms with Crippen molar-refractivity contribution in [3.8, 4) is 17.2 Å². The number of hydrogen-bond acceptors (Lipinski definition) is 5. The number of rotatable bonds is 7. The van der Waals surface area contributed by atoms with Crippen LogP contribution in [0.5, 0.6) is 17.2 Å². The first-order valence-electron chi connectivity index (χ1n) is 7.78. The van der Waals surface area contributed by atoms with Gasteiger partial charge in [0.05, 0.1) is 27.4 Å². The third kappa shape index (κ3) is 3.84. The Morgan fingerprint density at radius 3 is 2.14 bits per heavy atom. The molecule has 1 aliphatic rings. The van der Waals surface area contributed by atoms with Gasteiger partial charge in [0, 0.05) is 19.7 Å². The minimum Gasteiger partial charge on any atom is -0.493 e. The molecule has 0 radical (unpaired) electrons. The summed E-state index contributed by atoms with van der Waals surface area (Å²) in [4.78, 5) is 0. The zero-order valence-electron chi connectivity index (χ0n) is 14.0. The van der Waals surface area contributed by atoms with E-state index in [1.807, 2.05) is 12.1 Å². The topological polar surface area (TPSA) is 49.0 Å². The highest BCUT2D eigenvalue weighted by Crippen LogP contribution is 2.38. The SMILES string of the molecule is COc1cc(CN[C@H]2CCCC[C@H]2OC)cc(OC)c1OC. The van der Waals surface area contributed by atoms with Crippen molar-refractivity contribution in [2.45, 2.75) is 44.4 Å². The van der Waals surface area contributed by atoms with Crippen molar-refractivity contribution in [3.63, 3.8) is 0 Å². The van der Waals surface area contributed by atoms with Crippen LogP contribution in [-0.4, -0.2) is 40.6 Å². The highest BCUT2D eigenvalue weighted by molar-refractivity contribution is 5.53. The standard InChI is InChI=1S/C17H27NO4/c1-19-14-8-6-5-7-13(14)18-11-12-9-15(20-2)17(22-4)16(10-12)21-3/h9-10,13-14,18H,5-8,11H2,1-4H3/t13-,14+/m0/s1. The van der Waals surface area contributed by atoms with Crippen molar-refractivity contribution in [3.05, 3.63) is 17.7 Å². The lowest BCUT2D eigenvalue weighted by atomic mass is 9.92. The van der Waals surface area contributed by atoms with E-state index < -0.39 is 0 Å². The molecule has 0 aromatic heterocycles. The normalized spacial score (nSPS) is 21.5. The number of methoxy groups -OCH3 is 4. The Morgan fingerprint density at radius 1 is 0.955 bits per heavy atom. The van der Waals surface area contributed by atoms with E-state index in [1.165, 1.54) is 12.8 Å². The second-order valence-corrected chi connectivity index (χ2v) is 5.58. The second-order valence-electron chi connectivity index (χ2n) is 5.58. The molecule has 0 heterocycles. The average Bonchev–Trinajstić information content (AvgIpc) is 2.58. The Labute approximate surface area is 132 Å². The predicted octanol–water partition coefficient (Wildman–Crippen LogP) is 2.76. The van der Waals surface area contributed by atoms with Gasteiger partial charge in [0.2, 0.25) is 5.75 Å². The van der Waals surface area contributed by atoms with Crippen molar-refractivity contribution in [1.82, 2.24) is 5.32 Å². The van der Waals surface area contributed by atoms with E-state index in [0.717, 1.165) is 24.9 Å². The van der Waals surface area contributed by atoms with Crippen LogP contribution in [0.3, 0.4) is 0 Å². The highest BCUT2D eigenvalue weighted by Gasteiger charge is 2.24. The lowest BCUT2D eigenvalue weighted by molar-refractivity contribution is 0.0413. The fourth-order valence-electron chi connectivity index (χ4n) is 3.10. The van der Waals surface area contributed by atoms with Gasteiger partial charge in [-0.05, 0) is 30.5 Å². The summed E-state index contributed by atoms with van der Waals surface area (Å²) in [5.74, 6) is 2.00. The van der Waals surface area contributed by atoms with Crippen molar-refractivity contribution >= 4 is 0 Å². The number of nitrogens with one attached hydrogen (secondary N) is 1. The molecule has 1 aromatic rings. The molecule has 0 saturated heterocycles. The van der Waals surface area contributed by atoms with E-state index in [-0.39, 0.29) is 0 Å². The highest BCUT2D eigenvalue weighted by atomic mass is 16.5. The summed E-state index contributed by atoms with van der Waals surface area (Å²) in [5, 5.41) is 3.60. The molecule has 2 rings (SSSR count). The molecule has 5 heteroatoms. The van der Waals surface area contributed by atoms with Crippen LogP contribution in [0.15, 0.2) is 12.1 Å². The Hall–Kier alpha value is -1.46. The van der Waals surface area contributed by atoms with Gasteiger partial charge in [-0.15, -0.1) is 0 Å². The van der Waals surface area contributed by atoms with Gasteiger partial charge in [-0.1, -0.05) is 12.8 Å². The average molecular weight is 309 g/mol. The lowest BCUT2D eigenvalue weighted by Gasteiger charge is -2.31. The third-order valence-corrected chi connectivity index (χ3v) is 4.30. The fourth-order valence-corrected chi connectivity index (χ4v) is 3.10. The maximum atomic E-state index is 5.59. The van der Waals surface area contributed by atoms with Crippen molar-refractivity contribution in [2.75, 3.05) is 28.4 Å². The van der Waals surface area contributed by atoms with Gasteiger partial charge in [-0.3, -0.25) is 0 Å². The molecular formula is C17H27NO4. The Morgan fingerprint density at radius 2 is 1.59 bits per heavy atom. The Bertz CT molecular complexity index is 453. The Kier molecular flexibility index (Phi) is 6.34. The van der Waals surface area contributed by atoms with Gasteiger partial charge in [0.15, 0.2) is 11.5 Å². The van der Waals surface area contributed by atoms with Crippen LogP contribution in [0.2, 0.25) is 0 Å². The first-order valence-corrected chi connectivity index (χ1v) is 7.78. The van der Waals surface area contributed by atoms with Crippen LogP contribution in [0.1, 0.15) is 31.2 Å². The molecule has 2 atom stereocenters. The van der Waals surface area contributed by atoms with Crippen molar-refractivity contribution in [2.24, 2.45) is 0 Å². The minimum absolute atomic E-state index is 0.302. The largest absolute Gasteiger partial charge is 0.493 e. The fraction of sp³-hybridized carbons (Fsp3) is 0.647. The molecule has 1 aliphatic carbocycles. The molecule has 0 unspecified atom stereocenters. The molecule has 0 aliphatic heterocycles. The summed E-state index contributed by atoms with van der Waals surface area (Å²) in [6.45, 7) is 0.751. The summed E-state index contributed by atoms with van der Waals surface area (Å²) in [6.07, 6.45) is 5.09. The van der Waals surface area contributed by atoms with Crippen molar-refractivity contribution < 1.29 is 18.9 Å². The number of ether oxygens (including phenoxy) is 4. The molecule has 0 spiro atoms. The van der Waals surface area contributed by atoms with E-state index >= 15 is 0 Å². The Balaban J connectivity index is 2.09. The van der Waals surface area contributed by atoms with E-state index in [1.54, 1.807) is 28.4 Å². The number of benzene rings is 1. The van der Waals surface area contributed by atoms with Crippen LogP contribution in [-0.2, 0) is 11.3 Å². The molecule has 0 amide bonds. The van der Waals surface area contributed by atoms with E-state index in [9.17, 15) is 0 Å². The van der Waals surface area contributed by atoms with Gasteiger partial charge < -0.3 is 24.3 Å². The lowest BCUT2D eigenvalue weighted by Crippen LogP contribution is -2.42. The van der Waals surface area contributed by atoms with Crippen LogP contribution >= 0.6 is 0 Å². The van der Waals surface area contributed by atoms with Crippen LogP contribution < -0.4 is 19.5 Å².